The third-order valence-corrected chi connectivity index (χ3v) is 7.08. The van der Waals surface area contributed by atoms with Gasteiger partial charge in [0.05, 0.1) is 0 Å². The van der Waals surface area contributed by atoms with Crippen LogP contribution in [-0.4, -0.2) is 39.7 Å². The Bertz CT molecular complexity index is 1520. The fourth-order valence-electron chi connectivity index (χ4n) is 4.90. The van der Waals surface area contributed by atoms with Gasteiger partial charge in [0.15, 0.2) is 17.2 Å². The van der Waals surface area contributed by atoms with Crippen molar-refractivity contribution in [1.29, 1.82) is 0 Å². The van der Waals surface area contributed by atoms with Crippen LogP contribution in [0.25, 0.3) is 0 Å². The van der Waals surface area contributed by atoms with E-state index in [1.165, 1.54) is 9.47 Å². The Kier molecular flexibility index (Phi) is 6.98. The SMILES string of the molecule is C[C@H]1CCC(=O)[C@H]2CN1C(=O)c1c(OCc3ccccc3)c(=O)c(C(=O)NCc3c(F)cc(F)cc3F)cn12. The van der Waals surface area contributed by atoms with E-state index in [2.05, 4.69) is 5.32 Å². The number of carbonyl (C=O) groups is 3. The van der Waals surface area contributed by atoms with Gasteiger partial charge < -0.3 is 19.5 Å². The van der Waals surface area contributed by atoms with Gasteiger partial charge in [-0.1, -0.05) is 30.3 Å². The number of nitrogens with one attached hydrogen (secondary N) is 1. The molecule has 0 saturated carbocycles. The number of Topliss-reactive ketones (excluding diaryl/α,β-unsaturated/α-hetero) is 1. The monoisotopic (exact) mass is 539 g/mol. The lowest BCUT2D eigenvalue weighted by atomic mass is 10.0. The smallest absolute Gasteiger partial charge is 0.274 e. The minimum absolute atomic E-state index is 0.0693. The Morgan fingerprint density at radius 3 is 2.46 bits per heavy atom. The number of benzene rings is 2. The summed E-state index contributed by atoms with van der Waals surface area (Å²) in [5.41, 5.74) is -1.43. The Morgan fingerprint density at radius 1 is 1.08 bits per heavy atom. The summed E-state index contributed by atoms with van der Waals surface area (Å²) >= 11 is 0. The highest BCUT2D eigenvalue weighted by Crippen LogP contribution is 2.33. The maximum Gasteiger partial charge on any atom is 0.274 e. The molecule has 3 aromatic rings. The summed E-state index contributed by atoms with van der Waals surface area (Å²) in [6.07, 6.45) is 1.77. The lowest BCUT2D eigenvalue weighted by Crippen LogP contribution is -2.48. The van der Waals surface area contributed by atoms with Gasteiger partial charge in [0.1, 0.15) is 35.7 Å². The summed E-state index contributed by atoms with van der Waals surface area (Å²) in [5.74, 6) is -5.60. The van der Waals surface area contributed by atoms with E-state index in [1.807, 2.05) is 6.92 Å². The molecule has 5 rings (SSSR count). The summed E-state index contributed by atoms with van der Waals surface area (Å²) < 4.78 is 48.6. The summed E-state index contributed by atoms with van der Waals surface area (Å²) in [6.45, 7) is 1.12. The molecule has 3 heterocycles. The summed E-state index contributed by atoms with van der Waals surface area (Å²) in [5, 5.41) is 2.27. The number of fused-ring (bicyclic) bond motifs is 4. The summed E-state index contributed by atoms with van der Waals surface area (Å²) in [4.78, 5) is 54.8. The van der Waals surface area contributed by atoms with Crippen LogP contribution in [0.2, 0.25) is 0 Å². The first-order valence-corrected chi connectivity index (χ1v) is 12.4. The lowest BCUT2D eigenvalue weighted by Gasteiger charge is -2.36. The highest BCUT2D eigenvalue weighted by molar-refractivity contribution is 6.01. The fourth-order valence-corrected chi connectivity index (χ4v) is 4.90. The number of halogens is 3. The zero-order valence-electron chi connectivity index (χ0n) is 20.9. The van der Waals surface area contributed by atoms with Crippen LogP contribution in [0.5, 0.6) is 5.75 Å². The van der Waals surface area contributed by atoms with Crippen LogP contribution in [0.3, 0.4) is 0 Å². The van der Waals surface area contributed by atoms with Crippen LogP contribution in [0.1, 0.15) is 57.8 Å². The fraction of sp³-hybridized carbons (Fsp3) is 0.286. The molecule has 2 bridgehead atoms. The molecule has 2 amide bonds. The first kappa shape index (κ1) is 26.2. The number of ketones is 1. The van der Waals surface area contributed by atoms with Gasteiger partial charge in [-0.3, -0.25) is 19.2 Å². The van der Waals surface area contributed by atoms with Crippen LogP contribution in [0, 0.1) is 17.5 Å². The molecule has 11 heteroatoms. The van der Waals surface area contributed by atoms with Crippen LogP contribution in [0.15, 0.2) is 53.5 Å². The molecule has 0 unspecified atom stereocenters. The van der Waals surface area contributed by atoms with Crippen molar-refractivity contribution in [3.63, 3.8) is 0 Å². The molecule has 0 spiro atoms. The molecule has 1 saturated heterocycles. The average Bonchev–Trinajstić information content (AvgIpc) is 3.03. The zero-order chi connectivity index (χ0) is 27.8. The molecule has 2 aliphatic rings. The van der Waals surface area contributed by atoms with Gasteiger partial charge in [-0.25, -0.2) is 13.2 Å². The minimum atomic E-state index is -1.20. The van der Waals surface area contributed by atoms with Crippen LogP contribution < -0.4 is 15.5 Å². The van der Waals surface area contributed by atoms with Gasteiger partial charge in [0.2, 0.25) is 5.43 Å². The first-order chi connectivity index (χ1) is 18.7. The van der Waals surface area contributed by atoms with E-state index < -0.39 is 64.2 Å². The summed E-state index contributed by atoms with van der Waals surface area (Å²) in [6, 6.07) is 8.70. The number of aromatic nitrogens is 1. The molecule has 0 aliphatic carbocycles. The molecular formula is C28H24F3N3O5. The minimum Gasteiger partial charge on any atom is -0.483 e. The predicted octanol–water partition coefficient (Wildman–Crippen LogP) is 3.52. The average molecular weight is 540 g/mol. The molecule has 1 aromatic heterocycles. The predicted molar refractivity (Wildman–Crippen MR) is 133 cm³/mol. The third kappa shape index (κ3) is 4.91. The number of hydrogen-bond acceptors (Lipinski definition) is 5. The highest BCUT2D eigenvalue weighted by atomic mass is 19.1. The number of amides is 2. The van der Waals surface area contributed by atoms with Crippen molar-refractivity contribution < 1.29 is 32.3 Å². The number of nitrogens with zero attached hydrogens (tertiary/aromatic N) is 2. The first-order valence-electron chi connectivity index (χ1n) is 12.4. The Balaban J connectivity index is 1.57. The number of hydrogen-bond donors (Lipinski definition) is 1. The van der Waals surface area contributed by atoms with E-state index in [9.17, 15) is 32.3 Å². The molecule has 1 N–H and O–H groups in total. The van der Waals surface area contributed by atoms with Crippen molar-refractivity contribution in [2.75, 3.05) is 6.54 Å². The van der Waals surface area contributed by atoms with Gasteiger partial charge in [0.25, 0.3) is 11.8 Å². The van der Waals surface area contributed by atoms with Gasteiger partial charge in [-0.2, -0.15) is 0 Å². The lowest BCUT2D eigenvalue weighted by molar-refractivity contribution is -0.122. The second kappa shape index (κ2) is 10.4. The normalized spacial score (nSPS) is 18.4. The number of pyridine rings is 1. The molecule has 8 nitrogen and oxygen atoms in total. The second-order valence-electron chi connectivity index (χ2n) is 9.59. The third-order valence-electron chi connectivity index (χ3n) is 7.08. The van der Waals surface area contributed by atoms with Crippen LogP contribution >= 0.6 is 0 Å². The Labute approximate surface area is 221 Å². The van der Waals surface area contributed by atoms with E-state index >= 15 is 0 Å². The zero-order valence-corrected chi connectivity index (χ0v) is 20.9. The number of ether oxygens (including phenoxy) is 1. The van der Waals surface area contributed by atoms with Crippen molar-refractivity contribution in [1.82, 2.24) is 14.8 Å². The largest absolute Gasteiger partial charge is 0.483 e. The molecule has 2 aromatic carbocycles. The van der Waals surface area contributed by atoms with Crippen molar-refractivity contribution in [3.05, 3.63) is 98.7 Å². The topological polar surface area (TPSA) is 97.7 Å². The quantitative estimate of drug-likeness (QED) is 0.517. The van der Waals surface area contributed by atoms with E-state index in [0.29, 0.717) is 24.1 Å². The summed E-state index contributed by atoms with van der Waals surface area (Å²) in [7, 11) is 0. The molecule has 1 fully saturated rings. The molecule has 39 heavy (non-hydrogen) atoms. The maximum atomic E-state index is 14.1. The van der Waals surface area contributed by atoms with Crippen LogP contribution in [0.4, 0.5) is 13.2 Å². The van der Waals surface area contributed by atoms with E-state index in [0.717, 1.165) is 6.20 Å². The van der Waals surface area contributed by atoms with Gasteiger partial charge >= 0.3 is 0 Å². The standard InChI is InChI=1S/C28H24F3N3O5/c1-15-7-8-23(35)22-13-33(15)28(38)24-26(39-14-16-5-3-2-4-6-16)25(36)19(12-34(22)24)27(37)32-11-18-20(30)9-17(29)10-21(18)31/h2-6,9-10,12,15,22H,7-8,11,13-14H2,1H3,(H,32,37)/t15-,22+/m0/s1. The van der Waals surface area contributed by atoms with Crippen LogP contribution in [-0.2, 0) is 17.9 Å². The molecule has 2 atom stereocenters. The number of rotatable bonds is 6. The Hall–Kier alpha value is -4.41. The van der Waals surface area contributed by atoms with E-state index in [-0.39, 0.29) is 37.1 Å². The van der Waals surface area contributed by atoms with Crippen molar-refractivity contribution in [3.8, 4) is 5.75 Å². The molecule has 202 valence electrons. The van der Waals surface area contributed by atoms with Gasteiger partial charge in [0, 0.05) is 49.4 Å². The van der Waals surface area contributed by atoms with E-state index in [4.69, 9.17) is 4.74 Å². The van der Waals surface area contributed by atoms with Gasteiger partial charge in [-0.05, 0) is 18.9 Å². The van der Waals surface area contributed by atoms with Crippen molar-refractivity contribution in [2.24, 2.45) is 0 Å². The second-order valence-corrected chi connectivity index (χ2v) is 9.59. The molecule has 2 aliphatic heterocycles. The van der Waals surface area contributed by atoms with Gasteiger partial charge in [-0.15, -0.1) is 0 Å². The van der Waals surface area contributed by atoms with Crippen molar-refractivity contribution >= 4 is 17.6 Å². The van der Waals surface area contributed by atoms with Crippen molar-refractivity contribution in [2.45, 2.75) is 45.0 Å². The molecule has 0 radical (unpaired) electrons. The number of carbonyl (C=O) groups excluding carboxylic acids is 3. The maximum absolute atomic E-state index is 14.1. The highest BCUT2D eigenvalue weighted by Gasteiger charge is 2.42. The molecular weight excluding hydrogens is 515 g/mol. The van der Waals surface area contributed by atoms with E-state index in [1.54, 1.807) is 30.3 Å². The Morgan fingerprint density at radius 2 is 1.77 bits per heavy atom.